The Morgan fingerprint density at radius 1 is 1.35 bits per heavy atom. The van der Waals surface area contributed by atoms with E-state index in [2.05, 4.69) is 48.1 Å². The standard InChI is InChI=1S/C14H20BrN5/c1-9(10-5-3-2-4-6-10)18-13-12-14(17-8-16-13)20-11(7-15)19-12/h8-10H,2-7H2,1H3,(H2,16,17,18,19,20). The molecule has 0 spiro atoms. The molecule has 5 nitrogen and oxygen atoms in total. The number of hydrogen-bond donors (Lipinski definition) is 2. The fraction of sp³-hybridized carbons (Fsp3) is 0.643. The summed E-state index contributed by atoms with van der Waals surface area (Å²) in [4.78, 5) is 16.3. The number of alkyl halides is 1. The van der Waals surface area contributed by atoms with Crippen molar-refractivity contribution < 1.29 is 0 Å². The number of imidazole rings is 1. The van der Waals surface area contributed by atoms with Gasteiger partial charge in [0.2, 0.25) is 0 Å². The molecule has 108 valence electrons. The lowest BCUT2D eigenvalue weighted by atomic mass is 9.84. The average molecular weight is 338 g/mol. The Morgan fingerprint density at radius 2 is 2.15 bits per heavy atom. The van der Waals surface area contributed by atoms with Crippen molar-refractivity contribution in [2.75, 3.05) is 5.32 Å². The van der Waals surface area contributed by atoms with Crippen molar-refractivity contribution in [2.24, 2.45) is 5.92 Å². The number of hydrogen-bond acceptors (Lipinski definition) is 4. The zero-order valence-corrected chi connectivity index (χ0v) is 13.3. The summed E-state index contributed by atoms with van der Waals surface area (Å²) < 4.78 is 0. The molecule has 0 bridgehead atoms. The minimum Gasteiger partial charge on any atom is -0.365 e. The van der Waals surface area contributed by atoms with Gasteiger partial charge in [0.1, 0.15) is 12.2 Å². The summed E-state index contributed by atoms with van der Waals surface area (Å²) in [5.41, 5.74) is 1.64. The van der Waals surface area contributed by atoms with E-state index in [1.165, 1.54) is 32.1 Å². The molecule has 1 aliphatic carbocycles. The van der Waals surface area contributed by atoms with E-state index >= 15 is 0 Å². The number of nitrogens with one attached hydrogen (secondary N) is 2. The monoisotopic (exact) mass is 337 g/mol. The molecule has 2 heterocycles. The first-order valence-electron chi connectivity index (χ1n) is 7.30. The summed E-state index contributed by atoms with van der Waals surface area (Å²) in [5.74, 6) is 2.47. The fourth-order valence-corrected chi connectivity index (χ4v) is 3.28. The quantitative estimate of drug-likeness (QED) is 0.836. The van der Waals surface area contributed by atoms with Gasteiger partial charge < -0.3 is 10.3 Å². The molecule has 0 aromatic carbocycles. The van der Waals surface area contributed by atoms with Crippen LogP contribution in [-0.4, -0.2) is 26.0 Å². The van der Waals surface area contributed by atoms with E-state index in [4.69, 9.17) is 0 Å². The van der Waals surface area contributed by atoms with Gasteiger partial charge in [0, 0.05) is 6.04 Å². The van der Waals surface area contributed by atoms with Crippen molar-refractivity contribution in [3.8, 4) is 0 Å². The van der Waals surface area contributed by atoms with Crippen molar-refractivity contribution in [1.29, 1.82) is 0 Å². The third-order valence-electron chi connectivity index (χ3n) is 4.18. The van der Waals surface area contributed by atoms with Gasteiger partial charge in [-0.3, -0.25) is 0 Å². The van der Waals surface area contributed by atoms with Gasteiger partial charge in [-0.25, -0.2) is 15.0 Å². The highest BCUT2D eigenvalue weighted by atomic mass is 79.9. The predicted molar refractivity (Wildman–Crippen MR) is 84.0 cm³/mol. The Kier molecular flexibility index (Phi) is 4.19. The third kappa shape index (κ3) is 2.80. The second kappa shape index (κ2) is 6.08. The van der Waals surface area contributed by atoms with Crippen molar-refractivity contribution in [1.82, 2.24) is 19.9 Å². The first kappa shape index (κ1) is 13.8. The lowest BCUT2D eigenvalue weighted by molar-refractivity contribution is 0.328. The molecule has 2 aromatic rings. The number of H-pyrrole nitrogens is 1. The Bertz CT molecular complexity index is 576. The number of nitrogens with zero attached hydrogens (tertiary/aromatic N) is 3. The Balaban J connectivity index is 1.80. The minimum atomic E-state index is 0.428. The topological polar surface area (TPSA) is 66.5 Å². The van der Waals surface area contributed by atoms with Crippen molar-refractivity contribution in [3.63, 3.8) is 0 Å². The first-order chi connectivity index (χ1) is 9.78. The van der Waals surface area contributed by atoms with Gasteiger partial charge in [-0.2, -0.15) is 0 Å². The van der Waals surface area contributed by atoms with Crippen LogP contribution in [0.3, 0.4) is 0 Å². The van der Waals surface area contributed by atoms with Gasteiger partial charge in [-0.15, -0.1) is 0 Å². The zero-order valence-electron chi connectivity index (χ0n) is 11.7. The van der Waals surface area contributed by atoms with Crippen LogP contribution in [0.1, 0.15) is 44.9 Å². The number of aromatic amines is 1. The second-order valence-electron chi connectivity index (χ2n) is 5.57. The van der Waals surface area contributed by atoms with E-state index in [9.17, 15) is 0 Å². The summed E-state index contributed by atoms with van der Waals surface area (Å²) in [5, 5.41) is 4.24. The van der Waals surface area contributed by atoms with Crippen LogP contribution in [0.4, 0.5) is 5.82 Å². The number of anilines is 1. The van der Waals surface area contributed by atoms with E-state index in [-0.39, 0.29) is 0 Å². The first-order valence-corrected chi connectivity index (χ1v) is 8.42. The van der Waals surface area contributed by atoms with Crippen molar-refractivity contribution in [2.45, 2.75) is 50.4 Å². The summed E-state index contributed by atoms with van der Waals surface area (Å²) in [6, 6.07) is 0.428. The van der Waals surface area contributed by atoms with Gasteiger partial charge in [0.25, 0.3) is 0 Å². The molecule has 2 N–H and O–H groups in total. The van der Waals surface area contributed by atoms with E-state index in [1.54, 1.807) is 6.33 Å². The highest BCUT2D eigenvalue weighted by molar-refractivity contribution is 9.08. The van der Waals surface area contributed by atoms with Crippen LogP contribution < -0.4 is 5.32 Å². The number of rotatable bonds is 4. The molecule has 0 aliphatic heterocycles. The van der Waals surface area contributed by atoms with Crippen LogP contribution >= 0.6 is 15.9 Å². The summed E-state index contributed by atoms with van der Waals surface area (Å²) in [7, 11) is 0. The van der Waals surface area contributed by atoms with Crippen LogP contribution in [0.2, 0.25) is 0 Å². The molecule has 1 fully saturated rings. The molecule has 1 saturated carbocycles. The van der Waals surface area contributed by atoms with Crippen molar-refractivity contribution >= 4 is 32.9 Å². The third-order valence-corrected chi connectivity index (χ3v) is 4.71. The number of aromatic nitrogens is 4. The van der Waals surface area contributed by atoms with Gasteiger partial charge in [-0.05, 0) is 25.7 Å². The average Bonchev–Trinajstić information content (AvgIpc) is 2.92. The molecule has 1 aliphatic rings. The molecule has 0 amide bonds. The maximum absolute atomic E-state index is 4.54. The molecule has 3 rings (SSSR count). The van der Waals surface area contributed by atoms with Gasteiger partial charge in [0.05, 0.1) is 5.33 Å². The van der Waals surface area contributed by atoms with Gasteiger partial charge >= 0.3 is 0 Å². The van der Waals surface area contributed by atoms with E-state index in [0.717, 1.165) is 28.7 Å². The minimum absolute atomic E-state index is 0.428. The highest BCUT2D eigenvalue weighted by Gasteiger charge is 2.21. The van der Waals surface area contributed by atoms with Crippen LogP contribution in [0, 0.1) is 5.92 Å². The van der Waals surface area contributed by atoms with Crippen LogP contribution in [0.25, 0.3) is 11.2 Å². The largest absolute Gasteiger partial charge is 0.365 e. The summed E-state index contributed by atoms with van der Waals surface area (Å²) >= 11 is 3.41. The zero-order chi connectivity index (χ0) is 13.9. The molecule has 2 aromatic heterocycles. The normalized spacial score (nSPS) is 18.3. The number of halogens is 1. The van der Waals surface area contributed by atoms with Crippen molar-refractivity contribution in [3.05, 3.63) is 12.2 Å². The molecule has 1 unspecified atom stereocenters. The molecule has 0 saturated heterocycles. The van der Waals surface area contributed by atoms with Crippen LogP contribution in [0.15, 0.2) is 6.33 Å². The van der Waals surface area contributed by atoms with Crippen LogP contribution in [-0.2, 0) is 5.33 Å². The summed E-state index contributed by atoms with van der Waals surface area (Å²) in [6.07, 6.45) is 8.31. The van der Waals surface area contributed by atoms with E-state index < -0.39 is 0 Å². The van der Waals surface area contributed by atoms with E-state index in [0.29, 0.717) is 11.4 Å². The molecule has 0 radical (unpaired) electrons. The Labute approximate surface area is 127 Å². The maximum atomic E-state index is 4.54. The van der Waals surface area contributed by atoms with E-state index in [1.807, 2.05) is 0 Å². The highest BCUT2D eigenvalue weighted by Crippen LogP contribution is 2.28. The lowest BCUT2D eigenvalue weighted by Crippen LogP contribution is -2.28. The van der Waals surface area contributed by atoms with Gasteiger partial charge in [0.15, 0.2) is 17.0 Å². The lowest BCUT2D eigenvalue weighted by Gasteiger charge is -2.28. The maximum Gasteiger partial charge on any atom is 0.163 e. The Morgan fingerprint density at radius 3 is 2.90 bits per heavy atom. The molecular formula is C14H20BrN5. The van der Waals surface area contributed by atoms with Gasteiger partial charge in [-0.1, -0.05) is 35.2 Å². The Hall–Kier alpha value is -1.17. The number of fused-ring (bicyclic) bond motifs is 1. The second-order valence-corrected chi connectivity index (χ2v) is 6.13. The molecular weight excluding hydrogens is 318 g/mol. The molecule has 20 heavy (non-hydrogen) atoms. The molecule has 1 atom stereocenters. The fourth-order valence-electron chi connectivity index (χ4n) is 3.01. The van der Waals surface area contributed by atoms with Crippen LogP contribution in [0.5, 0.6) is 0 Å². The predicted octanol–water partition coefficient (Wildman–Crippen LogP) is 3.63. The SMILES string of the molecule is CC(Nc1ncnc2[nH]c(CBr)nc12)C1CCCCC1. The summed E-state index contributed by atoms with van der Waals surface area (Å²) in [6.45, 7) is 2.25. The molecule has 6 heteroatoms. The smallest absolute Gasteiger partial charge is 0.163 e.